The van der Waals surface area contributed by atoms with Crippen LogP contribution in [-0.4, -0.2) is 22.0 Å². The number of benzene rings is 3. The average molecular weight is 539 g/mol. The van der Waals surface area contributed by atoms with Crippen LogP contribution in [0.25, 0.3) is 11.1 Å². The van der Waals surface area contributed by atoms with E-state index < -0.39 is 40.6 Å². The number of aromatic nitrogens is 1. The smallest absolute Gasteiger partial charge is 0.307 e. The van der Waals surface area contributed by atoms with Crippen LogP contribution >= 0.6 is 23.1 Å². The molecule has 10 heteroatoms. The fourth-order valence-corrected chi connectivity index (χ4v) is 7.48. The SMILES string of the molecule is O=C1[C@H]2[C@H](c3ccc(-c4ccccc4)cc3)c3sc(=O)[nH]c3S[C@H]2C(=O)N1c1cccc(C(F)(F)F)c1. The van der Waals surface area contributed by atoms with Crippen LogP contribution in [0.1, 0.15) is 21.9 Å². The van der Waals surface area contributed by atoms with Crippen molar-refractivity contribution in [2.75, 3.05) is 4.90 Å². The summed E-state index contributed by atoms with van der Waals surface area (Å²) in [6.45, 7) is 0. The topological polar surface area (TPSA) is 70.2 Å². The van der Waals surface area contributed by atoms with Gasteiger partial charge in [-0.1, -0.05) is 83.8 Å². The predicted octanol–water partition coefficient (Wildman–Crippen LogP) is 5.92. The second-order valence-corrected chi connectivity index (χ2v) is 11.0. The van der Waals surface area contributed by atoms with Gasteiger partial charge in [-0.2, -0.15) is 13.2 Å². The Balaban J connectivity index is 1.43. The molecular formula is C27H17F3N2O3S2. The van der Waals surface area contributed by atoms with Gasteiger partial charge in [-0.25, -0.2) is 4.90 Å². The number of fused-ring (bicyclic) bond motifs is 2. The molecule has 1 fully saturated rings. The zero-order valence-corrected chi connectivity index (χ0v) is 20.5. The van der Waals surface area contributed by atoms with Gasteiger partial charge in [0.15, 0.2) is 0 Å². The normalized spacial score (nSPS) is 21.2. The molecule has 0 spiro atoms. The summed E-state index contributed by atoms with van der Waals surface area (Å²) >= 11 is 2.07. The summed E-state index contributed by atoms with van der Waals surface area (Å²) in [5.74, 6) is -2.63. The predicted molar refractivity (Wildman–Crippen MR) is 136 cm³/mol. The van der Waals surface area contributed by atoms with Crippen LogP contribution in [0.3, 0.4) is 0 Å². The molecule has 2 aliphatic heterocycles. The molecule has 37 heavy (non-hydrogen) atoms. The van der Waals surface area contributed by atoms with E-state index in [9.17, 15) is 27.6 Å². The Morgan fingerprint density at radius 2 is 1.51 bits per heavy atom. The Labute approximate surface area is 217 Å². The number of amides is 2. The number of thioether (sulfide) groups is 1. The summed E-state index contributed by atoms with van der Waals surface area (Å²) in [6.07, 6.45) is -4.62. The Bertz CT molecular complexity index is 1580. The molecule has 0 aliphatic carbocycles. The van der Waals surface area contributed by atoms with Crippen molar-refractivity contribution >= 4 is 40.6 Å². The van der Waals surface area contributed by atoms with Gasteiger partial charge in [0.1, 0.15) is 5.25 Å². The number of H-pyrrole nitrogens is 1. The van der Waals surface area contributed by atoms with E-state index in [1.54, 1.807) is 0 Å². The zero-order valence-electron chi connectivity index (χ0n) is 18.9. The van der Waals surface area contributed by atoms with Gasteiger partial charge in [0.25, 0.3) is 0 Å². The molecule has 0 bridgehead atoms. The first-order valence-corrected chi connectivity index (χ1v) is 13.0. The second-order valence-electron chi connectivity index (χ2n) is 8.80. The van der Waals surface area contributed by atoms with E-state index in [1.807, 2.05) is 54.6 Å². The minimum atomic E-state index is -4.62. The van der Waals surface area contributed by atoms with Crippen LogP contribution in [-0.2, 0) is 15.8 Å². The van der Waals surface area contributed by atoms with Crippen LogP contribution in [0.4, 0.5) is 18.9 Å². The molecule has 3 heterocycles. The van der Waals surface area contributed by atoms with Crippen molar-refractivity contribution in [1.82, 2.24) is 4.98 Å². The number of rotatable bonds is 3. The summed E-state index contributed by atoms with van der Waals surface area (Å²) in [4.78, 5) is 43.4. The first-order valence-electron chi connectivity index (χ1n) is 11.3. The van der Waals surface area contributed by atoms with Crippen LogP contribution in [0.5, 0.6) is 0 Å². The van der Waals surface area contributed by atoms with Crippen molar-refractivity contribution < 1.29 is 22.8 Å². The van der Waals surface area contributed by atoms with E-state index in [-0.39, 0.29) is 10.6 Å². The third kappa shape index (κ3) is 4.00. The van der Waals surface area contributed by atoms with Crippen molar-refractivity contribution in [1.29, 1.82) is 0 Å². The van der Waals surface area contributed by atoms with E-state index in [1.165, 1.54) is 12.1 Å². The Morgan fingerprint density at radius 1 is 0.811 bits per heavy atom. The number of hydrogen-bond acceptors (Lipinski definition) is 5. The number of carbonyl (C=O) groups excluding carboxylic acids is 2. The van der Waals surface area contributed by atoms with Gasteiger partial charge >= 0.3 is 11.0 Å². The van der Waals surface area contributed by atoms with Gasteiger partial charge in [0.05, 0.1) is 22.2 Å². The number of carbonyl (C=O) groups is 2. The second kappa shape index (κ2) is 8.74. The molecule has 0 radical (unpaired) electrons. The minimum absolute atomic E-state index is 0.116. The summed E-state index contributed by atoms with van der Waals surface area (Å²) < 4.78 is 40.0. The molecule has 5 nitrogen and oxygen atoms in total. The quantitative estimate of drug-likeness (QED) is 0.329. The van der Waals surface area contributed by atoms with Gasteiger partial charge in [-0.3, -0.25) is 14.4 Å². The maximum atomic E-state index is 13.7. The van der Waals surface area contributed by atoms with Gasteiger partial charge in [-0.15, -0.1) is 0 Å². The lowest BCUT2D eigenvalue weighted by molar-refractivity contribution is -0.137. The molecule has 186 valence electrons. The standard InChI is InChI=1S/C27H17F3N2O3S2/c28-27(29,30)17-7-4-8-18(13-17)32-24(33)20-19(21-23(31-26(35)37-21)36-22(20)25(32)34)16-11-9-15(10-12-16)14-5-2-1-3-6-14/h1-13,19-20,22H,(H,31,35)/t19-,20-,22+/m0/s1. The highest BCUT2D eigenvalue weighted by molar-refractivity contribution is 8.00. The van der Waals surface area contributed by atoms with E-state index >= 15 is 0 Å². The summed E-state index contributed by atoms with van der Waals surface area (Å²) in [5, 5.41) is -0.362. The molecule has 1 N–H and O–H groups in total. The molecule has 0 unspecified atom stereocenters. The van der Waals surface area contributed by atoms with E-state index in [2.05, 4.69) is 4.98 Å². The maximum absolute atomic E-state index is 13.7. The number of anilines is 1. The fourth-order valence-electron chi connectivity index (χ4n) is 4.97. The van der Waals surface area contributed by atoms with Crippen LogP contribution in [0.2, 0.25) is 0 Å². The number of imide groups is 1. The van der Waals surface area contributed by atoms with Crippen molar-refractivity contribution in [3.8, 4) is 11.1 Å². The van der Waals surface area contributed by atoms with Crippen molar-refractivity contribution in [3.63, 3.8) is 0 Å². The van der Waals surface area contributed by atoms with E-state index in [4.69, 9.17) is 0 Å². The van der Waals surface area contributed by atoms with Gasteiger partial charge in [-0.05, 0) is 34.9 Å². The minimum Gasteiger partial charge on any atom is -0.307 e. The number of alkyl halides is 3. The lowest BCUT2D eigenvalue weighted by Gasteiger charge is -2.30. The lowest BCUT2D eigenvalue weighted by Crippen LogP contribution is -2.32. The number of halogens is 3. The monoisotopic (exact) mass is 538 g/mol. The van der Waals surface area contributed by atoms with Gasteiger partial charge in [0.2, 0.25) is 11.8 Å². The first kappa shape index (κ1) is 23.7. The fraction of sp³-hybridized carbons (Fsp3) is 0.148. The molecular weight excluding hydrogens is 521 g/mol. The van der Waals surface area contributed by atoms with Crippen molar-refractivity contribution in [2.24, 2.45) is 5.92 Å². The Morgan fingerprint density at radius 3 is 2.22 bits per heavy atom. The molecule has 0 saturated carbocycles. The van der Waals surface area contributed by atoms with Crippen LogP contribution in [0, 0.1) is 5.92 Å². The molecule has 3 aromatic carbocycles. The number of aromatic amines is 1. The Hall–Kier alpha value is -3.63. The van der Waals surface area contributed by atoms with Gasteiger partial charge < -0.3 is 4.98 Å². The highest BCUT2D eigenvalue weighted by Crippen LogP contribution is 2.53. The summed E-state index contributed by atoms with van der Waals surface area (Å²) in [6, 6.07) is 21.6. The van der Waals surface area contributed by atoms with Crippen LogP contribution in [0.15, 0.2) is 88.7 Å². The third-order valence-electron chi connectivity index (χ3n) is 6.63. The van der Waals surface area contributed by atoms with Gasteiger partial charge in [0, 0.05) is 10.8 Å². The average Bonchev–Trinajstić information content (AvgIpc) is 3.38. The zero-order chi connectivity index (χ0) is 25.9. The van der Waals surface area contributed by atoms with E-state index in [0.717, 1.165) is 56.8 Å². The number of nitrogens with one attached hydrogen (secondary N) is 1. The molecule has 3 atom stereocenters. The first-order chi connectivity index (χ1) is 17.7. The molecule has 1 aromatic heterocycles. The summed E-state index contributed by atoms with van der Waals surface area (Å²) in [5.41, 5.74) is 1.67. The summed E-state index contributed by atoms with van der Waals surface area (Å²) in [7, 11) is 0. The third-order valence-corrected chi connectivity index (χ3v) is 9.03. The Kier molecular flexibility index (Phi) is 5.61. The number of thiazole rings is 1. The highest BCUT2D eigenvalue weighted by Gasteiger charge is 2.56. The molecule has 2 aliphatic rings. The maximum Gasteiger partial charge on any atom is 0.416 e. The van der Waals surface area contributed by atoms with Crippen LogP contribution < -0.4 is 9.77 Å². The van der Waals surface area contributed by atoms with Crippen molar-refractivity contribution in [3.05, 3.63) is 105 Å². The number of nitrogens with zero attached hydrogens (tertiary/aromatic N) is 1. The van der Waals surface area contributed by atoms with E-state index in [0.29, 0.717) is 9.90 Å². The lowest BCUT2D eigenvalue weighted by atomic mass is 9.82. The highest BCUT2D eigenvalue weighted by atomic mass is 32.2. The largest absolute Gasteiger partial charge is 0.416 e. The molecule has 1 saturated heterocycles. The van der Waals surface area contributed by atoms with Crippen molar-refractivity contribution in [2.45, 2.75) is 22.4 Å². The molecule has 6 rings (SSSR count). The number of hydrogen-bond donors (Lipinski definition) is 1. The molecule has 2 amide bonds. The molecule has 4 aromatic rings.